The van der Waals surface area contributed by atoms with E-state index in [1.54, 1.807) is 12.4 Å². The summed E-state index contributed by atoms with van der Waals surface area (Å²) in [5.74, 6) is 0. The first-order valence-electron chi connectivity index (χ1n) is 8.24. The number of rotatable bonds is 0. The predicted molar refractivity (Wildman–Crippen MR) is 97.6 cm³/mol. The molecule has 3 heterocycles. The van der Waals surface area contributed by atoms with E-state index in [0.717, 1.165) is 62.0 Å². The van der Waals surface area contributed by atoms with E-state index in [4.69, 9.17) is 9.97 Å². The highest BCUT2D eigenvalue weighted by molar-refractivity contribution is 6.15. The van der Waals surface area contributed by atoms with Crippen LogP contribution < -0.4 is 10.6 Å². The SMILES string of the molecule is C1=NCCNCc2cccc(n2)-c2cccc(n2)CNCCN=C1. The second-order valence-corrected chi connectivity index (χ2v) is 5.49. The maximum absolute atomic E-state index is 4.70. The second-order valence-electron chi connectivity index (χ2n) is 5.49. The Balaban J connectivity index is 1.78. The van der Waals surface area contributed by atoms with Crippen molar-refractivity contribution in [1.29, 1.82) is 0 Å². The smallest absolute Gasteiger partial charge is 0.0890 e. The molecule has 0 saturated heterocycles. The summed E-state index contributed by atoms with van der Waals surface area (Å²) in [5, 5.41) is 6.71. The summed E-state index contributed by atoms with van der Waals surface area (Å²) in [5.41, 5.74) is 3.81. The van der Waals surface area contributed by atoms with Gasteiger partial charge in [0.1, 0.15) is 0 Å². The minimum Gasteiger partial charge on any atom is -0.309 e. The molecular formula is C18H22N6. The average Bonchev–Trinajstić information content (AvgIpc) is 2.62. The van der Waals surface area contributed by atoms with Gasteiger partial charge in [0, 0.05) is 38.6 Å². The Bertz CT molecular complexity index is 649. The summed E-state index contributed by atoms with van der Waals surface area (Å²) >= 11 is 0. The molecule has 2 N–H and O–H groups in total. The molecule has 6 nitrogen and oxygen atoms in total. The second kappa shape index (κ2) is 9.00. The van der Waals surface area contributed by atoms with E-state index < -0.39 is 0 Å². The molecule has 0 aromatic carbocycles. The first kappa shape index (κ1) is 16.4. The molecular weight excluding hydrogens is 300 g/mol. The summed E-state index contributed by atoms with van der Waals surface area (Å²) < 4.78 is 0. The van der Waals surface area contributed by atoms with Gasteiger partial charge in [-0.1, -0.05) is 12.1 Å². The van der Waals surface area contributed by atoms with Gasteiger partial charge < -0.3 is 10.6 Å². The van der Waals surface area contributed by atoms with Crippen molar-refractivity contribution in [3.05, 3.63) is 47.8 Å². The number of nitrogens with zero attached hydrogens (tertiary/aromatic N) is 4. The number of aliphatic imine (C=N–C) groups is 2. The molecule has 1 aliphatic rings. The van der Waals surface area contributed by atoms with Gasteiger partial charge in [0.2, 0.25) is 0 Å². The van der Waals surface area contributed by atoms with Crippen molar-refractivity contribution in [2.45, 2.75) is 13.1 Å². The van der Waals surface area contributed by atoms with Crippen molar-refractivity contribution >= 4 is 12.4 Å². The van der Waals surface area contributed by atoms with Crippen LogP contribution in [0.5, 0.6) is 0 Å². The quantitative estimate of drug-likeness (QED) is 0.770. The van der Waals surface area contributed by atoms with Gasteiger partial charge in [0.15, 0.2) is 0 Å². The summed E-state index contributed by atoms with van der Waals surface area (Å²) in [7, 11) is 0. The molecule has 6 heteroatoms. The Morgan fingerprint density at radius 3 is 1.67 bits per heavy atom. The molecule has 0 saturated carbocycles. The summed E-state index contributed by atoms with van der Waals surface area (Å²) in [6.07, 6.45) is 3.52. The van der Waals surface area contributed by atoms with Gasteiger partial charge in [0.25, 0.3) is 0 Å². The van der Waals surface area contributed by atoms with E-state index in [1.807, 2.05) is 36.4 Å². The number of fused-ring (bicyclic) bond motifs is 5. The Morgan fingerprint density at radius 2 is 1.17 bits per heavy atom. The zero-order valence-electron chi connectivity index (χ0n) is 13.7. The van der Waals surface area contributed by atoms with Crippen LogP contribution >= 0.6 is 0 Å². The maximum atomic E-state index is 4.70. The number of nitrogens with one attached hydrogen (secondary N) is 2. The Labute approximate surface area is 142 Å². The first-order chi connectivity index (χ1) is 11.9. The lowest BCUT2D eigenvalue weighted by Crippen LogP contribution is -2.19. The lowest BCUT2D eigenvalue weighted by molar-refractivity contribution is 0.681. The molecule has 0 aliphatic carbocycles. The van der Waals surface area contributed by atoms with E-state index in [9.17, 15) is 0 Å². The molecule has 0 amide bonds. The van der Waals surface area contributed by atoms with Crippen LogP contribution in [-0.2, 0) is 13.1 Å². The monoisotopic (exact) mass is 322 g/mol. The van der Waals surface area contributed by atoms with Crippen LogP contribution in [0.4, 0.5) is 0 Å². The van der Waals surface area contributed by atoms with E-state index in [-0.39, 0.29) is 0 Å². The van der Waals surface area contributed by atoms with Crippen LogP contribution in [0.3, 0.4) is 0 Å². The van der Waals surface area contributed by atoms with Crippen LogP contribution in [0.2, 0.25) is 0 Å². The largest absolute Gasteiger partial charge is 0.309 e. The van der Waals surface area contributed by atoms with Crippen LogP contribution in [0.25, 0.3) is 11.4 Å². The zero-order valence-corrected chi connectivity index (χ0v) is 13.7. The molecule has 1 aliphatic heterocycles. The molecule has 24 heavy (non-hydrogen) atoms. The Morgan fingerprint density at radius 1 is 0.667 bits per heavy atom. The highest BCUT2D eigenvalue weighted by atomic mass is 14.9. The lowest BCUT2D eigenvalue weighted by Gasteiger charge is -2.08. The molecule has 2 aromatic heterocycles. The highest BCUT2D eigenvalue weighted by Crippen LogP contribution is 2.15. The minimum absolute atomic E-state index is 0.721. The zero-order chi connectivity index (χ0) is 16.5. The van der Waals surface area contributed by atoms with Crippen molar-refractivity contribution in [3.63, 3.8) is 0 Å². The molecule has 0 spiro atoms. The van der Waals surface area contributed by atoms with Crippen molar-refractivity contribution in [2.75, 3.05) is 26.2 Å². The summed E-state index contributed by atoms with van der Waals surface area (Å²) in [4.78, 5) is 18.0. The number of aromatic nitrogens is 2. The Hall–Kier alpha value is -2.44. The fourth-order valence-electron chi connectivity index (χ4n) is 2.40. The normalized spacial score (nSPS) is 16.3. The van der Waals surface area contributed by atoms with Crippen LogP contribution in [0, 0.1) is 0 Å². The van der Waals surface area contributed by atoms with Crippen molar-refractivity contribution < 1.29 is 0 Å². The molecule has 0 fully saturated rings. The topological polar surface area (TPSA) is 74.6 Å². The average molecular weight is 322 g/mol. The summed E-state index contributed by atoms with van der Waals surface area (Å²) in [6, 6.07) is 12.1. The van der Waals surface area contributed by atoms with Crippen LogP contribution in [0.1, 0.15) is 11.4 Å². The van der Waals surface area contributed by atoms with Gasteiger partial charge in [0.05, 0.1) is 35.9 Å². The molecule has 2 aromatic rings. The third-order valence-electron chi connectivity index (χ3n) is 3.60. The van der Waals surface area contributed by atoms with Gasteiger partial charge in [-0.3, -0.25) is 9.98 Å². The number of pyridine rings is 2. The van der Waals surface area contributed by atoms with Crippen LogP contribution in [-0.4, -0.2) is 48.6 Å². The van der Waals surface area contributed by atoms with Gasteiger partial charge in [-0.2, -0.15) is 0 Å². The third-order valence-corrected chi connectivity index (χ3v) is 3.60. The van der Waals surface area contributed by atoms with Gasteiger partial charge >= 0.3 is 0 Å². The first-order valence-corrected chi connectivity index (χ1v) is 8.24. The van der Waals surface area contributed by atoms with E-state index in [0.29, 0.717) is 0 Å². The molecule has 4 bridgehead atoms. The fourth-order valence-corrected chi connectivity index (χ4v) is 2.40. The van der Waals surface area contributed by atoms with Gasteiger partial charge in [-0.25, -0.2) is 9.97 Å². The van der Waals surface area contributed by atoms with E-state index in [1.165, 1.54) is 0 Å². The molecule has 0 atom stereocenters. The van der Waals surface area contributed by atoms with Gasteiger partial charge in [-0.05, 0) is 24.3 Å². The Kier molecular flexibility index (Phi) is 6.16. The number of hydrogen-bond donors (Lipinski definition) is 2. The molecule has 0 radical (unpaired) electrons. The third kappa shape index (κ3) is 5.04. The molecule has 0 unspecified atom stereocenters. The summed E-state index contributed by atoms with van der Waals surface area (Å²) in [6.45, 7) is 4.52. The van der Waals surface area contributed by atoms with E-state index >= 15 is 0 Å². The fraction of sp³-hybridized carbons (Fsp3) is 0.333. The standard InChI is InChI=1S/C18H22N6/c1-3-15-13-21-11-9-19-7-8-20-10-12-22-14-16-4-2-6-18(24-16)17(5-1)23-15/h1-8,21-22H,9-14H2. The predicted octanol–water partition coefficient (Wildman–Crippen LogP) is 1.48. The maximum Gasteiger partial charge on any atom is 0.0890 e. The lowest BCUT2D eigenvalue weighted by atomic mass is 10.2. The molecule has 124 valence electrons. The highest BCUT2D eigenvalue weighted by Gasteiger charge is 2.04. The van der Waals surface area contributed by atoms with E-state index in [2.05, 4.69) is 20.6 Å². The van der Waals surface area contributed by atoms with Crippen molar-refractivity contribution in [2.24, 2.45) is 9.98 Å². The van der Waals surface area contributed by atoms with Crippen molar-refractivity contribution in [1.82, 2.24) is 20.6 Å². The van der Waals surface area contributed by atoms with Crippen molar-refractivity contribution in [3.8, 4) is 11.4 Å². The number of hydrogen-bond acceptors (Lipinski definition) is 6. The van der Waals surface area contributed by atoms with Crippen LogP contribution in [0.15, 0.2) is 46.4 Å². The minimum atomic E-state index is 0.721. The molecule has 3 rings (SSSR count). The van der Waals surface area contributed by atoms with Gasteiger partial charge in [-0.15, -0.1) is 0 Å².